The molecule has 2 heterocycles. The Balaban J connectivity index is 1.71. The number of carbonyl (C=O) groups is 2. The summed E-state index contributed by atoms with van der Waals surface area (Å²) < 4.78 is 0. The van der Waals surface area contributed by atoms with Gasteiger partial charge in [0.2, 0.25) is 0 Å². The second-order valence-electron chi connectivity index (χ2n) is 4.94. The lowest BCUT2D eigenvalue weighted by Crippen LogP contribution is -2.32. The highest BCUT2D eigenvalue weighted by atomic mass is 16.2. The molecule has 0 radical (unpaired) electrons. The third kappa shape index (κ3) is 3.03. The standard InChI is InChI=1S/C17H15N3O2/c21-16-15(12-14-8-4-5-10-18-14)19-17(22)20(16)11-9-13-6-2-1-3-7-13/h1-8,10,12H,9,11H2,(H,19,22)/b15-12+. The van der Waals surface area contributed by atoms with E-state index < -0.39 is 0 Å². The van der Waals surface area contributed by atoms with Crippen LogP contribution in [0.25, 0.3) is 6.08 Å². The van der Waals surface area contributed by atoms with Crippen LogP contribution in [0.2, 0.25) is 0 Å². The van der Waals surface area contributed by atoms with Crippen LogP contribution < -0.4 is 5.32 Å². The van der Waals surface area contributed by atoms with E-state index in [0.29, 0.717) is 18.7 Å². The lowest BCUT2D eigenvalue weighted by atomic mass is 10.1. The number of nitrogens with one attached hydrogen (secondary N) is 1. The summed E-state index contributed by atoms with van der Waals surface area (Å²) in [4.78, 5) is 29.6. The lowest BCUT2D eigenvalue weighted by Gasteiger charge is -2.11. The highest BCUT2D eigenvalue weighted by molar-refractivity contribution is 6.13. The number of benzene rings is 1. The minimum absolute atomic E-state index is 0.261. The number of amides is 3. The van der Waals surface area contributed by atoms with Crippen LogP contribution in [0, 0.1) is 0 Å². The van der Waals surface area contributed by atoms with E-state index in [1.807, 2.05) is 36.4 Å². The van der Waals surface area contributed by atoms with E-state index in [-0.39, 0.29) is 17.6 Å². The smallest absolute Gasteiger partial charge is 0.303 e. The van der Waals surface area contributed by atoms with Gasteiger partial charge in [-0.15, -0.1) is 0 Å². The van der Waals surface area contributed by atoms with Gasteiger partial charge in [-0.1, -0.05) is 36.4 Å². The average molecular weight is 293 g/mol. The Morgan fingerprint density at radius 1 is 1.05 bits per heavy atom. The molecule has 1 aliphatic rings. The predicted molar refractivity (Wildman–Crippen MR) is 82.6 cm³/mol. The molecule has 5 heteroatoms. The van der Waals surface area contributed by atoms with Crippen molar-refractivity contribution in [3.05, 3.63) is 71.7 Å². The van der Waals surface area contributed by atoms with Gasteiger partial charge in [-0.2, -0.15) is 0 Å². The maximum absolute atomic E-state index is 12.3. The van der Waals surface area contributed by atoms with Gasteiger partial charge in [-0.3, -0.25) is 14.7 Å². The molecule has 0 bridgehead atoms. The molecular weight excluding hydrogens is 278 g/mol. The molecular formula is C17H15N3O2. The lowest BCUT2D eigenvalue weighted by molar-refractivity contribution is -0.122. The highest BCUT2D eigenvalue weighted by Crippen LogP contribution is 2.13. The third-order valence-electron chi connectivity index (χ3n) is 3.41. The molecule has 0 spiro atoms. The molecule has 2 aromatic rings. The molecule has 0 atom stereocenters. The van der Waals surface area contributed by atoms with E-state index in [1.54, 1.807) is 24.4 Å². The summed E-state index contributed by atoms with van der Waals surface area (Å²) in [6.07, 6.45) is 3.86. The van der Waals surface area contributed by atoms with Crippen molar-refractivity contribution >= 4 is 18.0 Å². The maximum Gasteiger partial charge on any atom is 0.329 e. The van der Waals surface area contributed by atoms with Gasteiger partial charge in [0.15, 0.2) is 0 Å². The second kappa shape index (κ2) is 6.22. The summed E-state index contributed by atoms with van der Waals surface area (Å²) in [5.41, 5.74) is 1.98. The largest absolute Gasteiger partial charge is 0.329 e. The van der Waals surface area contributed by atoms with E-state index >= 15 is 0 Å². The van der Waals surface area contributed by atoms with Crippen molar-refractivity contribution in [1.29, 1.82) is 0 Å². The Bertz CT molecular complexity index is 711. The van der Waals surface area contributed by atoms with Crippen LogP contribution in [0.3, 0.4) is 0 Å². The molecule has 0 saturated carbocycles. The fourth-order valence-corrected chi connectivity index (χ4v) is 2.27. The van der Waals surface area contributed by atoms with Gasteiger partial charge in [0.05, 0.1) is 5.69 Å². The van der Waals surface area contributed by atoms with Gasteiger partial charge >= 0.3 is 6.03 Å². The zero-order valence-electron chi connectivity index (χ0n) is 11.9. The molecule has 5 nitrogen and oxygen atoms in total. The van der Waals surface area contributed by atoms with E-state index in [9.17, 15) is 9.59 Å². The van der Waals surface area contributed by atoms with Crippen LogP contribution in [0.5, 0.6) is 0 Å². The van der Waals surface area contributed by atoms with Crippen molar-refractivity contribution in [3.63, 3.8) is 0 Å². The van der Waals surface area contributed by atoms with Gasteiger partial charge in [0, 0.05) is 12.7 Å². The summed E-state index contributed by atoms with van der Waals surface area (Å²) in [6.45, 7) is 0.355. The van der Waals surface area contributed by atoms with Crippen LogP contribution in [-0.4, -0.2) is 28.4 Å². The summed E-state index contributed by atoms with van der Waals surface area (Å²) in [7, 11) is 0. The molecule has 3 rings (SSSR count). The maximum atomic E-state index is 12.3. The van der Waals surface area contributed by atoms with E-state index in [4.69, 9.17) is 0 Å². The summed E-state index contributed by atoms with van der Waals surface area (Å²) in [5.74, 6) is -0.313. The molecule has 110 valence electrons. The number of hydrogen-bond donors (Lipinski definition) is 1. The number of hydrogen-bond acceptors (Lipinski definition) is 3. The minimum Gasteiger partial charge on any atom is -0.303 e. The van der Waals surface area contributed by atoms with Gasteiger partial charge in [-0.25, -0.2) is 4.79 Å². The molecule has 0 unspecified atom stereocenters. The zero-order valence-corrected chi connectivity index (χ0v) is 11.9. The SMILES string of the molecule is O=C1N/C(=C/c2ccccn2)C(=O)N1CCc1ccccc1. The van der Waals surface area contributed by atoms with Gasteiger partial charge in [-0.05, 0) is 30.2 Å². The number of imide groups is 1. The topological polar surface area (TPSA) is 62.3 Å². The van der Waals surface area contributed by atoms with Crippen LogP contribution in [-0.2, 0) is 11.2 Å². The predicted octanol–water partition coefficient (Wildman–Crippen LogP) is 2.22. The van der Waals surface area contributed by atoms with Gasteiger partial charge < -0.3 is 5.32 Å². The summed E-state index contributed by atoms with van der Waals surface area (Å²) in [5, 5.41) is 2.60. The first kappa shape index (κ1) is 14.0. The first-order valence-corrected chi connectivity index (χ1v) is 7.03. The van der Waals surface area contributed by atoms with E-state index in [0.717, 1.165) is 5.56 Å². The second-order valence-corrected chi connectivity index (χ2v) is 4.94. The van der Waals surface area contributed by atoms with Crippen LogP contribution >= 0.6 is 0 Å². The van der Waals surface area contributed by atoms with Crippen molar-refractivity contribution < 1.29 is 9.59 Å². The molecule has 1 saturated heterocycles. The third-order valence-corrected chi connectivity index (χ3v) is 3.41. The van der Waals surface area contributed by atoms with Crippen LogP contribution in [0.15, 0.2) is 60.4 Å². The Morgan fingerprint density at radius 3 is 2.55 bits per heavy atom. The number of rotatable bonds is 4. The minimum atomic E-state index is -0.386. The summed E-state index contributed by atoms with van der Waals surface area (Å²) >= 11 is 0. The molecule has 3 amide bonds. The van der Waals surface area contributed by atoms with Crippen LogP contribution in [0.1, 0.15) is 11.3 Å². The number of pyridine rings is 1. The van der Waals surface area contributed by atoms with Gasteiger partial charge in [0.1, 0.15) is 5.70 Å². The van der Waals surface area contributed by atoms with Crippen molar-refractivity contribution in [3.8, 4) is 0 Å². The molecule has 22 heavy (non-hydrogen) atoms. The molecule has 1 N–H and O–H groups in total. The quantitative estimate of drug-likeness (QED) is 0.694. The molecule has 1 aliphatic heterocycles. The van der Waals surface area contributed by atoms with Crippen molar-refractivity contribution in [2.45, 2.75) is 6.42 Å². The number of urea groups is 1. The fourth-order valence-electron chi connectivity index (χ4n) is 2.27. The normalized spacial score (nSPS) is 16.2. The molecule has 1 fully saturated rings. The Morgan fingerprint density at radius 2 is 1.82 bits per heavy atom. The number of aromatic nitrogens is 1. The Labute approximate surface area is 128 Å². The number of nitrogens with zero attached hydrogens (tertiary/aromatic N) is 2. The summed E-state index contributed by atoms with van der Waals surface area (Å²) in [6, 6.07) is 14.8. The first-order chi connectivity index (χ1) is 10.7. The Hall–Kier alpha value is -2.95. The fraction of sp³-hybridized carbons (Fsp3) is 0.118. The highest BCUT2D eigenvalue weighted by Gasteiger charge is 2.33. The average Bonchev–Trinajstić information content (AvgIpc) is 2.81. The molecule has 1 aromatic heterocycles. The number of carbonyl (C=O) groups excluding carboxylic acids is 2. The van der Waals surface area contributed by atoms with E-state index in [1.165, 1.54) is 4.90 Å². The molecule has 0 aliphatic carbocycles. The van der Waals surface area contributed by atoms with Crippen molar-refractivity contribution in [2.75, 3.05) is 6.54 Å². The zero-order chi connectivity index (χ0) is 15.4. The van der Waals surface area contributed by atoms with Crippen molar-refractivity contribution in [2.24, 2.45) is 0 Å². The first-order valence-electron chi connectivity index (χ1n) is 7.03. The van der Waals surface area contributed by atoms with Gasteiger partial charge in [0.25, 0.3) is 5.91 Å². The van der Waals surface area contributed by atoms with E-state index in [2.05, 4.69) is 10.3 Å². The molecule has 1 aromatic carbocycles. The Kier molecular flexibility index (Phi) is 3.96. The monoisotopic (exact) mass is 293 g/mol. The van der Waals surface area contributed by atoms with Crippen LogP contribution in [0.4, 0.5) is 4.79 Å². The van der Waals surface area contributed by atoms with Crippen molar-refractivity contribution in [1.82, 2.24) is 15.2 Å².